The van der Waals surface area contributed by atoms with Crippen LogP contribution in [-0.2, 0) is 9.59 Å². The van der Waals surface area contributed by atoms with E-state index in [9.17, 15) is 9.59 Å². The normalized spacial score (nSPS) is 9.12. The van der Waals surface area contributed by atoms with Gasteiger partial charge in [-0.25, -0.2) is 0 Å². The van der Waals surface area contributed by atoms with Gasteiger partial charge in [0.2, 0.25) is 0 Å². The van der Waals surface area contributed by atoms with Gasteiger partial charge in [0.15, 0.2) is 0 Å². The quantitative estimate of drug-likeness (QED) is 0.578. The Morgan fingerprint density at radius 2 is 1.31 bits per heavy atom. The maximum Gasteiger partial charge on any atom is 0.304 e. The van der Waals surface area contributed by atoms with Gasteiger partial charge in [0.05, 0.1) is 12.8 Å². The molecule has 0 amide bonds. The maximum atomic E-state index is 10.3. The van der Waals surface area contributed by atoms with Crippen molar-refractivity contribution in [3.63, 3.8) is 0 Å². The molecule has 8 heteroatoms. The SMILES string of the molecule is Cl.Cl.NCCN(CCC(=O)O)CCC(=O)O. The van der Waals surface area contributed by atoms with E-state index < -0.39 is 11.9 Å². The molecule has 0 aliphatic rings. The van der Waals surface area contributed by atoms with Gasteiger partial charge in [-0.2, -0.15) is 0 Å². The number of rotatable bonds is 8. The average Bonchev–Trinajstić information content (AvgIpc) is 2.09. The van der Waals surface area contributed by atoms with Crippen LogP contribution in [0, 0.1) is 0 Å². The summed E-state index contributed by atoms with van der Waals surface area (Å²) in [6, 6.07) is 0. The molecule has 0 saturated heterocycles. The molecule has 0 unspecified atom stereocenters. The minimum Gasteiger partial charge on any atom is -0.481 e. The highest BCUT2D eigenvalue weighted by molar-refractivity contribution is 5.85. The lowest BCUT2D eigenvalue weighted by Gasteiger charge is -2.19. The van der Waals surface area contributed by atoms with Gasteiger partial charge in [-0.3, -0.25) is 9.59 Å². The zero-order valence-electron chi connectivity index (χ0n) is 8.79. The Morgan fingerprint density at radius 3 is 1.56 bits per heavy atom. The Kier molecular flexibility index (Phi) is 16.3. The fraction of sp³-hybridized carbons (Fsp3) is 0.750. The standard InChI is InChI=1S/C8H16N2O4.2ClH/c9-3-6-10(4-1-7(11)12)5-2-8(13)14;;/h1-6,9H2,(H,11,12)(H,13,14);2*1H. The van der Waals surface area contributed by atoms with Crippen LogP contribution in [0.1, 0.15) is 12.8 Å². The molecule has 0 heterocycles. The summed E-state index contributed by atoms with van der Waals surface area (Å²) < 4.78 is 0. The van der Waals surface area contributed by atoms with E-state index in [0.717, 1.165) is 0 Å². The predicted octanol–water partition coefficient (Wildman–Crippen LogP) is 0.0401. The molecule has 6 nitrogen and oxygen atoms in total. The minimum atomic E-state index is -0.887. The molecule has 0 atom stereocenters. The van der Waals surface area contributed by atoms with Crippen LogP contribution in [0.2, 0.25) is 0 Å². The first-order valence-electron chi connectivity index (χ1n) is 4.42. The number of carbonyl (C=O) groups is 2. The van der Waals surface area contributed by atoms with Gasteiger partial charge in [0, 0.05) is 26.2 Å². The largest absolute Gasteiger partial charge is 0.481 e. The van der Waals surface area contributed by atoms with Gasteiger partial charge in [-0.05, 0) is 0 Å². The van der Waals surface area contributed by atoms with Crippen LogP contribution in [0.25, 0.3) is 0 Å². The molecule has 0 aliphatic heterocycles. The van der Waals surface area contributed by atoms with Crippen molar-refractivity contribution in [3.8, 4) is 0 Å². The van der Waals surface area contributed by atoms with Crippen molar-refractivity contribution in [3.05, 3.63) is 0 Å². The molecule has 0 fully saturated rings. The number of carboxylic acids is 2. The first-order valence-corrected chi connectivity index (χ1v) is 4.42. The second-order valence-corrected chi connectivity index (χ2v) is 2.92. The lowest BCUT2D eigenvalue weighted by Crippen LogP contribution is -2.33. The summed E-state index contributed by atoms with van der Waals surface area (Å²) >= 11 is 0. The second kappa shape index (κ2) is 12.5. The third kappa shape index (κ3) is 13.4. The molecule has 0 aliphatic carbocycles. The molecule has 0 spiro atoms. The number of aliphatic carboxylic acids is 2. The molecule has 0 radical (unpaired) electrons. The Bertz CT molecular complexity index is 186. The maximum absolute atomic E-state index is 10.3. The molecule has 0 bridgehead atoms. The number of nitrogens with zero attached hydrogens (tertiary/aromatic N) is 1. The monoisotopic (exact) mass is 276 g/mol. The summed E-state index contributed by atoms with van der Waals surface area (Å²) in [5, 5.41) is 16.9. The highest BCUT2D eigenvalue weighted by Gasteiger charge is 2.08. The van der Waals surface area contributed by atoms with Crippen LogP contribution in [-0.4, -0.2) is 53.2 Å². The summed E-state index contributed by atoms with van der Waals surface area (Å²) in [6.07, 6.45) is 0.0270. The van der Waals surface area contributed by atoms with E-state index in [0.29, 0.717) is 26.2 Å². The van der Waals surface area contributed by atoms with Crippen LogP contribution in [0.5, 0.6) is 0 Å². The van der Waals surface area contributed by atoms with Crippen LogP contribution >= 0.6 is 24.8 Å². The number of hydrogen-bond acceptors (Lipinski definition) is 4. The number of nitrogens with two attached hydrogens (primary N) is 1. The smallest absolute Gasteiger partial charge is 0.304 e. The molecule has 0 saturated carbocycles. The molecule has 98 valence electrons. The van der Waals surface area contributed by atoms with Gasteiger partial charge in [-0.1, -0.05) is 0 Å². The third-order valence-electron chi connectivity index (χ3n) is 1.73. The highest BCUT2D eigenvalue weighted by atomic mass is 35.5. The summed E-state index contributed by atoms with van der Waals surface area (Å²) in [4.78, 5) is 22.3. The van der Waals surface area contributed by atoms with Crippen molar-refractivity contribution < 1.29 is 19.8 Å². The number of hydrogen-bond donors (Lipinski definition) is 3. The topological polar surface area (TPSA) is 104 Å². The van der Waals surface area contributed by atoms with E-state index in [1.807, 2.05) is 0 Å². The van der Waals surface area contributed by atoms with E-state index in [1.165, 1.54) is 0 Å². The molecule has 0 rings (SSSR count). The van der Waals surface area contributed by atoms with Crippen molar-refractivity contribution in [2.24, 2.45) is 5.73 Å². The lowest BCUT2D eigenvalue weighted by atomic mass is 10.3. The van der Waals surface area contributed by atoms with Crippen molar-refractivity contribution >= 4 is 36.8 Å². The Balaban J connectivity index is -0.000000845. The van der Waals surface area contributed by atoms with Crippen molar-refractivity contribution in [1.29, 1.82) is 0 Å². The van der Waals surface area contributed by atoms with Crippen LogP contribution in [0.15, 0.2) is 0 Å². The fourth-order valence-electron chi connectivity index (χ4n) is 1.03. The highest BCUT2D eigenvalue weighted by Crippen LogP contribution is 1.94. The van der Waals surface area contributed by atoms with Gasteiger partial charge in [0.1, 0.15) is 0 Å². The Labute approximate surface area is 107 Å². The molecular weight excluding hydrogens is 259 g/mol. The summed E-state index contributed by atoms with van der Waals surface area (Å²) in [5.74, 6) is -1.77. The molecule has 0 aromatic rings. The summed E-state index contributed by atoms with van der Waals surface area (Å²) in [5.41, 5.74) is 5.31. The zero-order valence-corrected chi connectivity index (χ0v) is 10.4. The molecule has 4 N–H and O–H groups in total. The summed E-state index contributed by atoms with van der Waals surface area (Å²) in [6.45, 7) is 1.62. The molecular formula is C8H18Cl2N2O4. The van der Waals surface area contributed by atoms with E-state index in [1.54, 1.807) is 4.90 Å². The Hall–Kier alpha value is -0.560. The minimum absolute atomic E-state index is 0. The van der Waals surface area contributed by atoms with Crippen LogP contribution < -0.4 is 5.73 Å². The van der Waals surface area contributed by atoms with Crippen molar-refractivity contribution in [1.82, 2.24) is 4.90 Å². The number of carboxylic acid groups (broad SMARTS) is 2. The summed E-state index contributed by atoms with van der Waals surface area (Å²) in [7, 11) is 0. The number of halogens is 2. The van der Waals surface area contributed by atoms with Gasteiger partial charge in [-0.15, -0.1) is 24.8 Å². The van der Waals surface area contributed by atoms with Crippen LogP contribution in [0.4, 0.5) is 0 Å². The lowest BCUT2D eigenvalue weighted by molar-refractivity contribution is -0.137. The molecule has 0 aromatic carbocycles. The first kappa shape index (κ1) is 20.8. The van der Waals surface area contributed by atoms with E-state index in [4.69, 9.17) is 15.9 Å². The van der Waals surface area contributed by atoms with Crippen molar-refractivity contribution in [2.45, 2.75) is 12.8 Å². The third-order valence-corrected chi connectivity index (χ3v) is 1.73. The molecule has 0 aromatic heterocycles. The van der Waals surface area contributed by atoms with Gasteiger partial charge in [0.25, 0.3) is 0 Å². The molecule has 16 heavy (non-hydrogen) atoms. The average molecular weight is 277 g/mol. The van der Waals surface area contributed by atoms with E-state index in [2.05, 4.69) is 0 Å². The second-order valence-electron chi connectivity index (χ2n) is 2.92. The van der Waals surface area contributed by atoms with Gasteiger partial charge < -0.3 is 20.8 Å². The predicted molar refractivity (Wildman–Crippen MR) is 64.5 cm³/mol. The Morgan fingerprint density at radius 1 is 0.938 bits per heavy atom. The zero-order chi connectivity index (χ0) is 11.0. The fourth-order valence-corrected chi connectivity index (χ4v) is 1.03. The van der Waals surface area contributed by atoms with E-state index >= 15 is 0 Å². The first-order chi connectivity index (χ1) is 6.56. The van der Waals surface area contributed by atoms with Crippen LogP contribution in [0.3, 0.4) is 0 Å². The van der Waals surface area contributed by atoms with E-state index in [-0.39, 0.29) is 37.7 Å². The van der Waals surface area contributed by atoms with Gasteiger partial charge >= 0.3 is 11.9 Å². The van der Waals surface area contributed by atoms with Crippen molar-refractivity contribution in [2.75, 3.05) is 26.2 Å².